The summed E-state index contributed by atoms with van der Waals surface area (Å²) < 4.78 is 5.17. The number of ether oxygens (including phenoxy) is 1. The number of primary amides is 1. The number of rotatable bonds is 6. The van der Waals surface area contributed by atoms with Crippen molar-refractivity contribution < 1.29 is 9.53 Å². The lowest BCUT2D eigenvalue weighted by Gasteiger charge is -2.16. The van der Waals surface area contributed by atoms with Crippen LogP contribution < -0.4 is 11.1 Å². The number of nitrogens with two attached hydrogens (primary N) is 1. The second kappa shape index (κ2) is 6.16. The second-order valence-electron chi connectivity index (χ2n) is 3.23. The molecule has 0 unspecified atom stereocenters. The summed E-state index contributed by atoms with van der Waals surface area (Å²) in [5.74, 6) is -0.446. The summed E-state index contributed by atoms with van der Waals surface area (Å²) in [5.41, 5.74) is 6.10. The molecule has 1 aromatic rings. The molecule has 0 saturated heterocycles. The number of hydrogen-bond acceptors (Lipinski definition) is 3. The summed E-state index contributed by atoms with van der Waals surface area (Å²) in [7, 11) is 1.85. The maximum absolute atomic E-state index is 10.5. The number of hydrogen-bond donors (Lipinski definition) is 2. The van der Waals surface area contributed by atoms with E-state index < -0.39 is 5.91 Å². The van der Waals surface area contributed by atoms with Crippen LogP contribution in [0.2, 0.25) is 0 Å². The van der Waals surface area contributed by atoms with Crippen LogP contribution in [0.3, 0.4) is 0 Å². The molecule has 4 heteroatoms. The Hall–Kier alpha value is -1.39. The second-order valence-corrected chi connectivity index (χ2v) is 3.23. The van der Waals surface area contributed by atoms with Crippen LogP contribution in [0.4, 0.5) is 0 Å². The summed E-state index contributed by atoms with van der Waals surface area (Å²) in [6.45, 7) is 0.397. The number of amides is 1. The van der Waals surface area contributed by atoms with Gasteiger partial charge in [0.2, 0.25) is 5.91 Å². The van der Waals surface area contributed by atoms with Gasteiger partial charge in [0.1, 0.15) is 6.61 Å². The molecule has 0 saturated carbocycles. The van der Waals surface area contributed by atoms with Gasteiger partial charge in [-0.25, -0.2) is 0 Å². The Morgan fingerprint density at radius 2 is 2.13 bits per heavy atom. The van der Waals surface area contributed by atoms with Gasteiger partial charge in [-0.05, 0) is 12.6 Å². The van der Waals surface area contributed by atoms with Crippen LogP contribution in [0.25, 0.3) is 0 Å². The van der Waals surface area contributed by atoms with Gasteiger partial charge in [0, 0.05) is 0 Å². The number of nitrogens with one attached hydrogen (secondary N) is 1. The summed E-state index contributed by atoms with van der Waals surface area (Å²) >= 11 is 0. The fourth-order valence-electron chi connectivity index (χ4n) is 1.31. The topological polar surface area (TPSA) is 64.3 Å². The van der Waals surface area contributed by atoms with E-state index in [0.29, 0.717) is 6.61 Å². The molecular formula is C11H16N2O2. The highest BCUT2D eigenvalue weighted by Crippen LogP contribution is 2.11. The first kappa shape index (κ1) is 11.7. The first-order chi connectivity index (χ1) is 7.24. The monoisotopic (exact) mass is 208 g/mol. The molecule has 0 fully saturated rings. The van der Waals surface area contributed by atoms with E-state index >= 15 is 0 Å². The van der Waals surface area contributed by atoms with E-state index in [9.17, 15) is 4.79 Å². The van der Waals surface area contributed by atoms with E-state index in [0.717, 1.165) is 5.56 Å². The van der Waals surface area contributed by atoms with Crippen LogP contribution in [0.5, 0.6) is 0 Å². The number of likely N-dealkylation sites (N-methyl/N-ethyl adjacent to an activating group) is 1. The Morgan fingerprint density at radius 3 is 2.67 bits per heavy atom. The first-order valence-corrected chi connectivity index (χ1v) is 4.82. The van der Waals surface area contributed by atoms with Crippen LogP contribution in [0.1, 0.15) is 11.6 Å². The summed E-state index contributed by atoms with van der Waals surface area (Å²) in [6.07, 6.45) is 0. The highest BCUT2D eigenvalue weighted by Gasteiger charge is 2.08. The zero-order chi connectivity index (χ0) is 11.1. The molecular weight excluding hydrogens is 192 g/mol. The molecule has 4 nitrogen and oxygen atoms in total. The molecule has 15 heavy (non-hydrogen) atoms. The lowest BCUT2D eigenvalue weighted by Crippen LogP contribution is -2.25. The van der Waals surface area contributed by atoms with Crippen LogP contribution in [0.15, 0.2) is 30.3 Å². The maximum atomic E-state index is 10.5. The van der Waals surface area contributed by atoms with E-state index in [1.54, 1.807) is 0 Å². The van der Waals surface area contributed by atoms with Crippen molar-refractivity contribution in [2.75, 3.05) is 20.3 Å². The third-order valence-electron chi connectivity index (χ3n) is 2.08. The normalized spacial score (nSPS) is 12.3. The SMILES string of the molecule is CN[C@H](COCC(N)=O)c1ccccc1. The average molecular weight is 208 g/mol. The average Bonchev–Trinajstić information content (AvgIpc) is 2.25. The van der Waals surface area contributed by atoms with E-state index in [1.165, 1.54) is 0 Å². The molecule has 0 aliphatic carbocycles. The largest absolute Gasteiger partial charge is 0.370 e. The molecule has 82 valence electrons. The number of carbonyl (C=O) groups is 1. The van der Waals surface area contributed by atoms with Gasteiger partial charge in [-0.3, -0.25) is 4.79 Å². The lowest BCUT2D eigenvalue weighted by molar-refractivity contribution is -0.122. The van der Waals surface area contributed by atoms with Crippen molar-refractivity contribution in [2.24, 2.45) is 5.73 Å². The van der Waals surface area contributed by atoms with Crippen molar-refractivity contribution in [1.29, 1.82) is 0 Å². The lowest BCUT2D eigenvalue weighted by atomic mass is 10.1. The highest BCUT2D eigenvalue weighted by atomic mass is 16.5. The fraction of sp³-hybridized carbons (Fsp3) is 0.364. The zero-order valence-corrected chi connectivity index (χ0v) is 8.77. The van der Waals surface area contributed by atoms with E-state index in [4.69, 9.17) is 10.5 Å². The smallest absolute Gasteiger partial charge is 0.243 e. The summed E-state index contributed by atoms with van der Waals surface area (Å²) in [4.78, 5) is 10.5. The minimum atomic E-state index is -0.446. The van der Waals surface area contributed by atoms with Crippen LogP contribution in [0, 0.1) is 0 Å². The van der Waals surface area contributed by atoms with Gasteiger partial charge in [-0.1, -0.05) is 30.3 Å². The molecule has 0 aliphatic rings. The van der Waals surface area contributed by atoms with E-state index in [1.807, 2.05) is 37.4 Å². The van der Waals surface area contributed by atoms with Crippen molar-refractivity contribution in [2.45, 2.75) is 6.04 Å². The Labute approximate surface area is 89.4 Å². The molecule has 0 aromatic heterocycles. The van der Waals surface area contributed by atoms with Crippen molar-refractivity contribution in [3.05, 3.63) is 35.9 Å². The molecule has 1 rings (SSSR count). The molecule has 0 aliphatic heterocycles. The fourth-order valence-corrected chi connectivity index (χ4v) is 1.31. The Bertz CT molecular complexity index is 301. The van der Waals surface area contributed by atoms with Crippen molar-refractivity contribution in [3.63, 3.8) is 0 Å². The van der Waals surface area contributed by atoms with Crippen LogP contribution >= 0.6 is 0 Å². The predicted octanol–water partition coefficient (Wildman–Crippen LogP) is 0.449. The molecule has 1 amide bonds. The Morgan fingerprint density at radius 1 is 1.47 bits per heavy atom. The Kier molecular flexibility index (Phi) is 4.80. The van der Waals surface area contributed by atoms with Gasteiger partial charge in [-0.2, -0.15) is 0 Å². The zero-order valence-electron chi connectivity index (χ0n) is 8.77. The molecule has 0 spiro atoms. The van der Waals surface area contributed by atoms with E-state index in [-0.39, 0.29) is 12.6 Å². The molecule has 1 atom stereocenters. The maximum Gasteiger partial charge on any atom is 0.243 e. The minimum Gasteiger partial charge on any atom is -0.370 e. The molecule has 0 heterocycles. The third kappa shape index (κ3) is 4.10. The van der Waals surface area contributed by atoms with Crippen molar-refractivity contribution in [1.82, 2.24) is 5.32 Å². The van der Waals surface area contributed by atoms with Crippen LogP contribution in [-0.2, 0) is 9.53 Å². The van der Waals surface area contributed by atoms with Crippen LogP contribution in [-0.4, -0.2) is 26.2 Å². The van der Waals surface area contributed by atoms with Gasteiger partial charge >= 0.3 is 0 Å². The van der Waals surface area contributed by atoms with Gasteiger partial charge in [-0.15, -0.1) is 0 Å². The molecule has 1 aromatic carbocycles. The standard InChI is InChI=1S/C11H16N2O2/c1-13-10(7-15-8-11(12)14)9-5-3-2-4-6-9/h2-6,10,13H,7-8H2,1H3,(H2,12,14)/t10-/m1/s1. The van der Waals surface area contributed by atoms with Crippen molar-refractivity contribution in [3.8, 4) is 0 Å². The van der Waals surface area contributed by atoms with Gasteiger partial charge in [0.25, 0.3) is 0 Å². The number of benzene rings is 1. The molecule has 3 N–H and O–H groups in total. The van der Waals surface area contributed by atoms with Gasteiger partial charge < -0.3 is 15.8 Å². The van der Waals surface area contributed by atoms with Gasteiger partial charge in [0.15, 0.2) is 0 Å². The molecule has 0 bridgehead atoms. The quantitative estimate of drug-likeness (QED) is 0.713. The third-order valence-corrected chi connectivity index (χ3v) is 2.08. The minimum absolute atomic E-state index is 0.0367. The first-order valence-electron chi connectivity index (χ1n) is 4.82. The van der Waals surface area contributed by atoms with Crippen molar-refractivity contribution >= 4 is 5.91 Å². The highest BCUT2D eigenvalue weighted by molar-refractivity contribution is 5.74. The Balaban J connectivity index is 2.46. The summed E-state index contributed by atoms with van der Waals surface area (Å²) in [6, 6.07) is 10.00. The predicted molar refractivity (Wildman–Crippen MR) is 58.3 cm³/mol. The molecule has 0 radical (unpaired) electrons. The van der Waals surface area contributed by atoms with E-state index in [2.05, 4.69) is 5.32 Å². The van der Waals surface area contributed by atoms with Gasteiger partial charge in [0.05, 0.1) is 12.6 Å². The summed E-state index contributed by atoms with van der Waals surface area (Å²) in [5, 5.41) is 3.11. The number of carbonyl (C=O) groups excluding carboxylic acids is 1.